The third kappa shape index (κ3) is 1.76. The summed E-state index contributed by atoms with van der Waals surface area (Å²) in [5, 5.41) is 1.21. The first kappa shape index (κ1) is 9.91. The van der Waals surface area contributed by atoms with Gasteiger partial charge in [-0.05, 0) is 24.3 Å². The highest BCUT2D eigenvalue weighted by atomic mass is 35.5. The summed E-state index contributed by atoms with van der Waals surface area (Å²) < 4.78 is 5.21. The molecule has 0 aliphatic rings. The highest BCUT2D eigenvalue weighted by molar-refractivity contribution is 6.48. The maximum absolute atomic E-state index is 5.88. The van der Waals surface area contributed by atoms with Crippen LogP contribution < -0.4 is 0 Å². The number of benzene rings is 1. The summed E-state index contributed by atoms with van der Waals surface area (Å²) in [4.78, 5) is 0. The van der Waals surface area contributed by atoms with Gasteiger partial charge in [0, 0.05) is 5.56 Å². The van der Waals surface area contributed by atoms with E-state index in [4.69, 9.17) is 39.2 Å². The minimum absolute atomic E-state index is 0.364. The molecule has 0 radical (unpaired) electrons. The van der Waals surface area contributed by atoms with Crippen LogP contribution in [-0.2, 0) is 0 Å². The lowest BCUT2D eigenvalue weighted by Gasteiger charge is -2.02. The van der Waals surface area contributed by atoms with Gasteiger partial charge in [-0.25, -0.2) is 0 Å². The van der Waals surface area contributed by atoms with Crippen molar-refractivity contribution >= 4 is 34.8 Å². The summed E-state index contributed by atoms with van der Waals surface area (Å²) in [6.45, 7) is 0. The Hall–Kier alpha value is -0.630. The van der Waals surface area contributed by atoms with E-state index < -0.39 is 0 Å². The van der Waals surface area contributed by atoms with Gasteiger partial charge in [-0.2, -0.15) is 0 Å². The first-order valence-electron chi connectivity index (χ1n) is 3.87. The minimum atomic E-state index is 0.364. The fourth-order valence-electron chi connectivity index (χ4n) is 1.14. The summed E-state index contributed by atoms with van der Waals surface area (Å²) in [5.74, 6) is 0.713. The van der Waals surface area contributed by atoms with Crippen molar-refractivity contribution < 1.29 is 4.42 Å². The third-order valence-corrected chi connectivity index (χ3v) is 2.99. The largest absolute Gasteiger partial charge is 0.464 e. The van der Waals surface area contributed by atoms with Crippen LogP contribution >= 0.6 is 34.8 Å². The van der Waals surface area contributed by atoms with Crippen molar-refractivity contribution in [2.75, 3.05) is 0 Å². The topological polar surface area (TPSA) is 13.1 Å². The third-order valence-electron chi connectivity index (χ3n) is 1.79. The van der Waals surface area contributed by atoms with Crippen molar-refractivity contribution in [3.8, 4) is 11.3 Å². The summed E-state index contributed by atoms with van der Waals surface area (Å²) in [6.07, 6.45) is 1.59. The normalized spacial score (nSPS) is 10.5. The zero-order chi connectivity index (χ0) is 10.1. The second-order valence-corrected chi connectivity index (χ2v) is 3.92. The van der Waals surface area contributed by atoms with Crippen LogP contribution in [0.3, 0.4) is 0 Å². The van der Waals surface area contributed by atoms with Gasteiger partial charge >= 0.3 is 0 Å². The summed E-state index contributed by atoms with van der Waals surface area (Å²) >= 11 is 17.6. The molecule has 1 aromatic heterocycles. The molecule has 1 nitrogen and oxygen atoms in total. The molecule has 2 aromatic rings. The predicted octanol–water partition coefficient (Wildman–Crippen LogP) is 4.91. The molecule has 0 fully saturated rings. The first-order chi connectivity index (χ1) is 6.68. The second-order valence-electron chi connectivity index (χ2n) is 2.73. The van der Waals surface area contributed by atoms with Crippen LogP contribution in [0.25, 0.3) is 11.3 Å². The highest BCUT2D eigenvalue weighted by Gasteiger charge is 2.08. The van der Waals surface area contributed by atoms with Crippen molar-refractivity contribution in [3.63, 3.8) is 0 Å². The Morgan fingerprint density at radius 3 is 2.14 bits per heavy atom. The summed E-state index contributed by atoms with van der Waals surface area (Å²) in [6, 6.07) is 7.06. The Kier molecular flexibility index (Phi) is 2.73. The fraction of sp³-hybridized carbons (Fsp3) is 0. The maximum Gasteiger partial charge on any atom is 0.133 e. The molecular formula is C10H5Cl3O. The standard InChI is InChI=1S/C10H5Cl3O/c11-7-4-6(5-8(12)10(7)13)9-2-1-3-14-9/h1-5H. The van der Waals surface area contributed by atoms with Crippen LogP contribution in [-0.4, -0.2) is 0 Å². The number of halogens is 3. The van der Waals surface area contributed by atoms with Crippen LogP contribution in [0, 0.1) is 0 Å². The zero-order valence-electron chi connectivity index (χ0n) is 6.93. The SMILES string of the molecule is Clc1cc(-c2ccco2)cc(Cl)c1Cl. The quantitative estimate of drug-likeness (QED) is 0.653. The highest BCUT2D eigenvalue weighted by Crippen LogP contribution is 2.34. The predicted molar refractivity (Wildman–Crippen MR) is 59.2 cm³/mol. The van der Waals surface area contributed by atoms with Crippen LogP contribution in [0.2, 0.25) is 15.1 Å². The molecule has 0 spiro atoms. The maximum atomic E-state index is 5.88. The molecule has 0 N–H and O–H groups in total. The number of furan rings is 1. The van der Waals surface area contributed by atoms with Gasteiger partial charge < -0.3 is 4.42 Å². The van der Waals surface area contributed by atoms with E-state index in [9.17, 15) is 0 Å². The molecule has 72 valence electrons. The van der Waals surface area contributed by atoms with Gasteiger partial charge in [-0.1, -0.05) is 34.8 Å². The molecular weight excluding hydrogens is 242 g/mol. The molecule has 2 rings (SSSR count). The van der Waals surface area contributed by atoms with Gasteiger partial charge in [-0.3, -0.25) is 0 Å². The summed E-state index contributed by atoms with van der Waals surface area (Å²) in [5.41, 5.74) is 0.814. The molecule has 0 bridgehead atoms. The average molecular weight is 248 g/mol. The van der Waals surface area contributed by atoms with Gasteiger partial charge in [0.25, 0.3) is 0 Å². The number of hydrogen-bond acceptors (Lipinski definition) is 1. The van der Waals surface area contributed by atoms with E-state index in [0.29, 0.717) is 20.8 Å². The number of rotatable bonds is 1. The lowest BCUT2D eigenvalue weighted by atomic mass is 10.2. The van der Waals surface area contributed by atoms with Crippen LogP contribution in [0.5, 0.6) is 0 Å². The zero-order valence-corrected chi connectivity index (χ0v) is 9.20. The van der Waals surface area contributed by atoms with Gasteiger partial charge in [-0.15, -0.1) is 0 Å². The molecule has 1 aromatic carbocycles. The Morgan fingerprint density at radius 1 is 1.00 bits per heavy atom. The van der Waals surface area contributed by atoms with Gasteiger partial charge in [0.15, 0.2) is 0 Å². The molecule has 0 saturated heterocycles. The molecule has 1 heterocycles. The molecule has 0 aliphatic carbocycles. The van der Waals surface area contributed by atoms with Gasteiger partial charge in [0.05, 0.1) is 21.3 Å². The minimum Gasteiger partial charge on any atom is -0.464 e. The molecule has 14 heavy (non-hydrogen) atoms. The first-order valence-corrected chi connectivity index (χ1v) is 5.00. The van der Waals surface area contributed by atoms with Crippen molar-refractivity contribution in [2.45, 2.75) is 0 Å². The molecule has 0 atom stereocenters. The van der Waals surface area contributed by atoms with E-state index in [0.717, 1.165) is 5.56 Å². The van der Waals surface area contributed by atoms with Crippen molar-refractivity contribution in [1.82, 2.24) is 0 Å². The Labute approximate surface area is 96.2 Å². The smallest absolute Gasteiger partial charge is 0.133 e. The number of hydrogen-bond donors (Lipinski definition) is 0. The fourth-order valence-corrected chi connectivity index (χ4v) is 1.74. The van der Waals surface area contributed by atoms with E-state index in [1.54, 1.807) is 24.5 Å². The van der Waals surface area contributed by atoms with Crippen molar-refractivity contribution in [3.05, 3.63) is 45.6 Å². The van der Waals surface area contributed by atoms with E-state index in [1.807, 2.05) is 6.07 Å². The molecule has 0 unspecified atom stereocenters. The molecule has 4 heteroatoms. The Balaban J connectivity index is 2.57. The van der Waals surface area contributed by atoms with Crippen LogP contribution in [0.4, 0.5) is 0 Å². The Morgan fingerprint density at radius 2 is 1.64 bits per heavy atom. The monoisotopic (exact) mass is 246 g/mol. The lowest BCUT2D eigenvalue weighted by molar-refractivity contribution is 0.582. The molecule has 0 amide bonds. The van der Waals surface area contributed by atoms with Crippen molar-refractivity contribution in [2.24, 2.45) is 0 Å². The molecule has 0 saturated carbocycles. The summed E-state index contributed by atoms with van der Waals surface area (Å²) in [7, 11) is 0. The van der Waals surface area contributed by atoms with E-state index >= 15 is 0 Å². The van der Waals surface area contributed by atoms with Gasteiger partial charge in [0.1, 0.15) is 5.76 Å². The van der Waals surface area contributed by atoms with E-state index in [2.05, 4.69) is 0 Å². The second kappa shape index (κ2) is 3.85. The van der Waals surface area contributed by atoms with Crippen LogP contribution in [0.15, 0.2) is 34.9 Å². The van der Waals surface area contributed by atoms with E-state index in [-0.39, 0.29) is 0 Å². The molecule has 0 aliphatic heterocycles. The van der Waals surface area contributed by atoms with Gasteiger partial charge in [0.2, 0.25) is 0 Å². The van der Waals surface area contributed by atoms with Crippen molar-refractivity contribution in [1.29, 1.82) is 0 Å². The van der Waals surface area contributed by atoms with Crippen LogP contribution in [0.1, 0.15) is 0 Å². The lowest BCUT2D eigenvalue weighted by Crippen LogP contribution is -1.77. The average Bonchev–Trinajstić information content (AvgIpc) is 2.66. The Bertz CT molecular complexity index is 425. The van der Waals surface area contributed by atoms with E-state index in [1.165, 1.54) is 0 Å².